The Morgan fingerprint density at radius 3 is 2.83 bits per heavy atom. The number of nitrogens with one attached hydrogen (secondary N) is 2. The zero-order valence-electron chi connectivity index (χ0n) is 12.8. The van der Waals surface area contributed by atoms with E-state index in [2.05, 4.69) is 10.0 Å². The Bertz CT molecular complexity index is 834. The van der Waals surface area contributed by atoms with E-state index < -0.39 is 22.0 Å². The molecule has 2 heterocycles. The van der Waals surface area contributed by atoms with Crippen molar-refractivity contribution in [2.75, 3.05) is 6.79 Å². The van der Waals surface area contributed by atoms with Gasteiger partial charge in [0, 0.05) is 6.54 Å². The summed E-state index contributed by atoms with van der Waals surface area (Å²) in [4.78, 5) is 12.1. The van der Waals surface area contributed by atoms with Gasteiger partial charge in [-0.2, -0.15) is 4.72 Å². The van der Waals surface area contributed by atoms with Crippen LogP contribution < -0.4 is 19.5 Å². The van der Waals surface area contributed by atoms with Crippen LogP contribution in [0, 0.1) is 0 Å². The molecule has 1 aromatic heterocycles. The van der Waals surface area contributed by atoms with Gasteiger partial charge in [-0.1, -0.05) is 12.1 Å². The summed E-state index contributed by atoms with van der Waals surface area (Å²) in [7, 11) is -3.68. The lowest BCUT2D eigenvalue weighted by Gasteiger charge is -2.14. The summed E-state index contributed by atoms with van der Waals surface area (Å²) in [5.74, 6) is 0.892. The highest BCUT2D eigenvalue weighted by Crippen LogP contribution is 2.32. The Morgan fingerprint density at radius 1 is 1.29 bits per heavy atom. The van der Waals surface area contributed by atoms with Crippen LogP contribution in [0.5, 0.6) is 11.5 Å². The molecule has 0 bridgehead atoms. The zero-order valence-corrected chi connectivity index (χ0v) is 14.4. The molecule has 2 aromatic rings. The SMILES string of the molecule is C[C@@H](NS(=O)(=O)c1cccs1)C(=O)NCc1ccc2c(c1)OCO2. The van der Waals surface area contributed by atoms with Crippen molar-refractivity contribution in [3.05, 3.63) is 41.3 Å². The summed E-state index contributed by atoms with van der Waals surface area (Å²) in [5.41, 5.74) is 0.834. The second-order valence-corrected chi connectivity index (χ2v) is 8.07. The van der Waals surface area contributed by atoms with Crippen molar-refractivity contribution in [1.29, 1.82) is 0 Å². The summed E-state index contributed by atoms with van der Waals surface area (Å²) in [6.07, 6.45) is 0. The number of ether oxygens (including phenoxy) is 2. The first kappa shape index (κ1) is 16.7. The fourth-order valence-corrected chi connectivity index (χ4v) is 4.37. The molecular formula is C15H16N2O5S2. The van der Waals surface area contributed by atoms with Crippen molar-refractivity contribution < 1.29 is 22.7 Å². The number of amides is 1. The van der Waals surface area contributed by atoms with E-state index in [1.807, 2.05) is 6.07 Å². The third-order valence-electron chi connectivity index (χ3n) is 3.39. The average Bonchev–Trinajstić information content (AvgIpc) is 3.22. The molecule has 1 amide bonds. The number of hydrogen-bond donors (Lipinski definition) is 2. The predicted octanol–water partition coefficient (Wildman–Crippen LogP) is 1.46. The molecule has 0 saturated heterocycles. The van der Waals surface area contributed by atoms with E-state index in [4.69, 9.17) is 9.47 Å². The maximum Gasteiger partial charge on any atom is 0.250 e. The molecule has 1 aliphatic rings. The van der Waals surface area contributed by atoms with Crippen molar-refractivity contribution in [2.24, 2.45) is 0 Å². The molecule has 0 aliphatic carbocycles. The lowest BCUT2D eigenvalue weighted by Crippen LogP contribution is -2.44. The first-order valence-electron chi connectivity index (χ1n) is 7.18. The second-order valence-electron chi connectivity index (χ2n) is 5.18. The van der Waals surface area contributed by atoms with Crippen LogP contribution >= 0.6 is 11.3 Å². The van der Waals surface area contributed by atoms with Crippen LogP contribution in [0.4, 0.5) is 0 Å². The fraction of sp³-hybridized carbons (Fsp3) is 0.267. The van der Waals surface area contributed by atoms with E-state index in [1.165, 1.54) is 13.0 Å². The zero-order chi connectivity index (χ0) is 17.2. The summed E-state index contributed by atoms with van der Waals surface area (Å²) in [6, 6.07) is 7.61. The second kappa shape index (κ2) is 6.80. The molecule has 24 heavy (non-hydrogen) atoms. The van der Waals surface area contributed by atoms with Gasteiger partial charge >= 0.3 is 0 Å². The fourth-order valence-electron chi connectivity index (χ4n) is 2.15. The Hall–Kier alpha value is -2.10. The standard InChI is InChI=1S/C15H16N2O5S2/c1-10(17-24(19,20)14-3-2-6-23-14)15(18)16-8-11-4-5-12-13(7-11)22-9-21-12/h2-7,10,17H,8-9H2,1H3,(H,16,18)/t10-/m1/s1. The van der Waals surface area contributed by atoms with E-state index >= 15 is 0 Å². The van der Waals surface area contributed by atoms with Gasteiger partial charge in [-0.25, -0.2) is 8.42 Å². The molecule has 2 N–H and O–H groups in total. The Balaban J connectivity index is 1.57. The van der Waals surface area contributed by atoms with Crippen LogP contribution in [0.1, 0.15) is 12.5 Å². The van der Waals surface area contributed by atoms with Gasteiger partial charge in [-0.3, -0.25) is 4.79 Å². The number of carbonyl (C=O) groups is 1. The number of benzene rings is 1. The van der Waals surface area contributed by atoms with Gasteiger partial charge in [-0.05, 0) is 36.1 Å². The molecule has 1 aromatic carbocycles. The minimum absolute atomic E-state index is 0.179. The van der Waals surface area contributed by atoms with Gasteiger partial charge in [0.15, 0.2) is 11.5 Å². The molecule has 3 rings (SSSR count). The van der Waals surface area contributed by atoms with Crippen LogP contribution in [0.3, 0.4) is 0 Å². The third-order valence-corrected chi connectivity index (χ3v) is 6.33. The minimum Gasteiger partial charge on any atom is -0.454 e. The summed E-state index contributed by atoms with van der Waals surface area (Å²) in [5, 5.41) is 4.36. The lowest BCUT2D eigenvalue weighted by molar-refractivity contribution is -0.122. The highest BCUT2D eigenvalue weighted by molar-refractivity contribution is 7.91. The Kier molecular flexibility index (Phi) is 4.74. The first-order chi connectivity index (χ1) is 11.5. The highest BCUT2D eigenvalue weighted by Gasteiger charge is 2.22. The molecule has 0 unspecified atom stereocenters. The number of thiophene rings is 1. The molecule has 1 atom stereocenters. The van der Waals surface area contributed by atoms with Crippen molar-refractivity contribution in [2.45, 2.75) is 23.7 Å². The van der Waals surface area contributed by atoms with E-state index in [0.29, 0.717) is 11.5 Å². The minimum atomic E-state index is -3.68. The first-order valence-corrected chi connectivity index (χ1v) is 9.54. The van der Waals surface area contributed by atoms with Gasteiger partial charge in [0.05, 0.1) is 6.04 Å². The molecule has 0 saturated carbocycles. The van der Waals surface area contributed by atoms with E-state index in [-0.39, 0.29) is 17.5 Å². The molecule has 7 nitrogen and oxygen atoms in total. The van der Waals surface area contributed by atoms with Gasteiger partial charge in [0.25, 0.3) is 10.0 Å². The van der Waals surface area contributed by atoms with Crippen LogP contribution in [-0.4, -0.2) is 27.2 Å². The number of fused-ring (bicyclic) bond motifs is 1. The van der Waals surface area contributed by atoms with Crippen molar-refractivity contribution in [3.8, 4) is 11.5 Å². The monoisotopic (exact) mass is 368 g/mol. The van der Waals surface area contributed by atoms with E-state index in [0.717, 1.165) is 16.9 Å². The van der Waals surface area contributed by atoms with Gasteiger partial charge in [0.2, 0.25) is 12.7 Å². The van der Waals surface area contributed by atoms with E-state index in [9.17, 15) is 13.2 Å². The molecule has 0 spiro atoms. The quantitative estimate of drug-likeness (QED) is 0.805. The van der Waals surface area contributed by atoms with Gasteiger partial charge in [-0.15, -0.1) is 11.3 Å². The predicted molar refractivity (Wildman–Crippen MR) is 88.5 cm³/mol. The van der Waals surface area contributed by atoms with Gasteiger partial charge < -0.3 is 14.8 Å². The maximum absolute atomic E-state index is 12.1. The topological polar surface area (TPSA) is 93.7 Å². The van der Waals surface area contributed by atoms with Crippen LogP contribution in [0.25, 0.3) is 0 Å². The molecule has 9 heteroatoms. The molecule has 1 aliphatic heterocycles. The lowest BCUT2D eigenvalue weighted by atomic mass is 10.2. The van der Waals surface area contributed by atoms with Crippen LogP contribution in [-0.2, 0) is 21.4 Å². The molecule has 128 valence electrons. The van der Waals surface area contributed by atoms with Crippen LogP contribution in [0.15, 0.2) is 39.9 Å². The van der Waals surface area contributed by atoms with Crippen molar-refractivity contribution in [1.82, 2.24) is 10.0 Å². The number of rotatable bonds is 6. The maximum atomic E-state index is 12.1. The van der Waals surface area contributed by atoms with Crippen LogP contribution in [0.2, 0.25) is 0 Å². The van der Waals surface area contributed by atoms with Crippen molar-refractivity contribution in [3.63, 3.8) is 0 Å². The summed E-state index contributed by atoms with van der Waals surface area (Å²) >= 11 is 1.10. The van der Waals surface area contributed by atoms with Crippen molar-refractivity contribution >= 4 is 27.3 Å². The number of sulfonamides is 1. The van der Waals surface area contributed by atoms with Gasteiger partial charge in [0.1, 0.15) is 4.21 Å². The third kappa shape index (κ3) is 3.69. The number of carbonyl (C=O) groups excluding carboxylic acids is 1. The smallest absolute Gasteiger partial charge is 0.250 e. The molecule has 0 fully saturated rings. The largest absolute Gasteiger partial charge is 0.454 e. The van der Waals surface area contributed by atoms with E-state index in [1.54, 1.807) is 23.6 Å². The molecule has 0 radical (unpaired) electrons. The Labute approximate surface area is 143 Å². The normalized spacial score (nSPS) is 14.4. The molecular weight excluding hydrogens is 352 g/mol. The Morgan fingerprint density at radius 2 is 2.08 bits per heavy atom. The highest BCUT2D eigenvalue weighted by atomic mass is 32.2. The summed E-state index contributed by atoms with van der Waals surface area (Å²) in [6.45, 7) is 1.95. The number of hydrogen-bond acceptors (Lipinski definition) is 6. The average molecular weight is 368 g/mol. The summed E-state index contributed by atoms with van der Waals surface area (Å²) < 4.78 is 37.2.